The van der Waals surface area contributed by atoms with E-state index in [4.69, 9.17) is 27.9 Å². The van der Waals surface area contributed by atoms with Gasteiger partial charge in [-0.05, 0) is 31.7 Å². The van der Waals surface area contributed by atoms with E-state index in [0.29, 0.717) is 15.8 Å². The van der Waals surface area contributed by atoms with Crippen LogP contribution < -0.4 is 10.1 Å². The first-order valence-electron chi connectivity index (χ1n) is 4.94. The van der Waals surface area contributed by atoms with Crippen molar-refractivity contribution in [3.8, 4) is 5.75 Å². The molecule has 15 heavy (non-hydrogen) atoms. The van der Waals surface area contributed by atoms with Crippen LogP contribution in [0.2, 0.25) is 10.0 Å². The molecule has 0 saturated carbocycles. The molecule has 4 heteroatoms. The molecule has 1 heterocycles. The topological polar surface area (TPSA) is 21.3 Å². The van der Waals surface area contributed by atoms with E-state index < -0.39 is 0 Å². The van der Waals surface area contributed by atoms with Gasteiger partial charge in [0.1, 0.15) is 11.4 Å². The number of nitrogens with one attached hydrogen (secondary N) is 1. The van der Waals surface area contributed by atoms with Gasteiger partial charge >= 0.3 is 0 Å². The molecule has 1 aliphatic heterocycles. The number of ether oxygens (including phenoxy) is 1. The van der Waals surface area contributed by atoms with E-state index in [1.165, 1.54) is 0 Å². The standard InChI is InChI=1S/C11H13Cl2NO/c1-11(4-5-14-7-11)15-10-3-2-8(12)6-9(10)13/h2-3,6,14H,4-5,7H2,1H3. The van der Waals surface area contributed by atoms with Gasteiger partial charge in [0.25, 0.3) is 0 Å². The lowest BCUT2D eigenvalue weighted by molar-refractivity contribution is 0.111. The Hall–Kier alpha value is -0.440. The van der Waals surface area contributed by atoms with Crippen molar-refractivity contribution < 1.29 is 4.74 Å². The molecule has 2 nitrogen and oxygen atoms in total. The molecule has 1 aliphatic rings. The molecule has 0 spiro atoms. The fraction of sp³-hybridized carbons (Fsp3) is 0.455. The van der Waals surface area contributed by atoms with E-state index in [2.05, 4.69) is 12.2 Å². The second-order valence-corrected chi connectivity index (χ2v) is 4.90. The lowest BCUT2D eigenvalue weighted by atomic mass is 10.1. The molecular weight excluding hydrogens is 233 g/mol. The summed E-state index contributed by atoms with van der Waals surface area (Å²) in [6.07, 6.45) is 0.992. The van der Waals surface area contributed by atoms with Gasteiger partial charge in [0, 0.05) is 18.0 Å². The summed E-state index contributed by atoms with van der Waals surface area (Å²) in [5.74, 6) is 0.701. The van der Waals surface area contributed by atoms with Crippen LogP contribution in [-0.2, 0) is 0 Å². The predicted octanol–water partition coefficient (Wildman–Crippen LogP) is 3.12. The van der Waals surface area contributed by atoms with Gasteiger partial charge in [-0.1, -0.05) is 23.2 Å². The summed E-state index contributed by atoms with van der Waals surface area (Å²) in [5.41, 5.74) is -0.155. The third-order valence-corrected chi connectivity index (χ3v) is 3.11. The molecule has 2 rings (SSSR count). The van der Waals surface area contributed by atoms with Crippen molar-refractivity contribution in [2.24, 2.45) is 0 Å². The number of rotatable bonds is 2. The van der Waals surface area contributed by atoms with Crippen molar-refractivity contribution in [3.05, 3.63) is 28.2 Å². The number of hydrogen-bond donors (Lipinski definition) is 1. The summed E-state index contributed by atoms with van der Waals surface area (Å²) in [7, 11) is 0. The minimum atomic E-state index is -0.155. The summed E-state index contributed by atoms with van der Waals surface area (Å²) in [6, 6.07) is 5.30. The van der Waals surface area contributed by atoms with Crippen LogP contribution in [0, 0.1) is 0 Å². The van der Waals surface area contributed by atoms with E-state index in [1.807, 2.05) is 6.07 Å². The van der Waals surface area contributed by atoms with Gasteiger partial charge in [-0.25, -0.2) is 0 Å². The summed E-state index contributed by atoms with van der Waals surface area (Å²) in [4.78, 5) is 0. The van der Waals surface area contributed by atoms with Crippen LogP contribution in [0.1, 0.15) is 13.3 Å². The van der Waals surface area contributed by atoms with Gasteiger partial charge < -0.3 is 10.1 Å². The lowest BCUT2D eigenvalue weighted by Crippen LogP contribution is -2.34. The second kappa shape index (κ2) is 4.20. The predicted molar refractivity (Wildman–Crippen MR) is 63.0 cm³/mol. The average Bonchev–Trinajstić information content (AvgIpc) is 2.58. The zero-order valence-corrected chi connectivity index (χ0v) is 10.0. The van der Waals surface area contributed by atoms with Crippen LogP contribution in [0.5, 0.6) is 5.75 Å². The van der Waals surface area contributed by atoms with Crippen molar-refractivity contribution in [2.75, 3.05) is 13.1 Å². The third-order valence-electron chi connectivity index (χ3n) is 2.58. The van der Waals surface area contributed by atoms with Gasteiger partial charge in [-0.3, -0.25) is 0 Å². The van der Waals surface area contributed by atoms with E-state index in [1.54, 1.807) is 12.1 Å². The van der Waals surface area contributed by atoms with E-state index in [0.717, 1.165) is 19.5 Å². The Morgan fingerprint density at radius 3 is 2.80 bits per heavy atom. The van der Waals surface area contributed by atoms with Crippen LogP contribution >= 0.6 is 23.2 Å². The zero-order chi connectivity index (χ0) is 10.9. The highest BCUT2D eigenvalue weighted by atomic mass is 35.5. The fourth-order valence-corrected chi connectivity index (χ4v) is 2.15. The van der Waals surface area contributed by atoms with Crippen molar-refractivity contribution in [1.29, 1.82) is 0 Å². The smallest absolute Gasteiger partial charge is 0.138 e. The van der Waals surface area contributed by atoms with Gasteiger partial charge in [0.15, 0.2) is 0 Å². The molecule has 0 bridgehead atoms. The zero-order valence-electron chi connectivity index (χ0n) is 8.52. The van der Waals surface area contributed by atoms with Crippen LogP contribution in [-0.4, -0.2) is 18.7 Å². The normalized spacial score (nSPS) is 25.5. The maximum absolute atomic E-state index is 6.04. The first-order chi connectivity index (χ1) is 7.09. The number of halogens is 2. The molecule has 1 fully saturated rings. The largest absolute Gasteiger partial charge is 0.485 e. The van der Waals surface area contributed by atoms with E-state index in [-0.39, 0.29) is 5.60 Å². The maximum atomic E-state index is 6.04. The molecule has 1 aromatic carbocycles. The first kappa shape index (κ1) is 11.1. The Balaban J connectivity index is 2.16. The van der Waals surface area contributed by atoms with Crippen molar-refractivity contribution in [1.82, 2.24) is 5.32 Å². The van der Waals surface area contributed by atoms with E-state index in [9.17, 15) is 0 Å². The molecule has 1 aromatic rings. The van der Waals surface area contributed by atoms with Gasteiger partial charge in [0.2, 0.25) is 0 Å². The average molecular weight is 246 g/mol. The van der Waals surface area contributed by atoms with Crippen LogP contribution in [0.4, 0.5) is 0 Å². The molecular formula is C11H13Cl2NO. The molecule has 82 valence electrons. The molecule has 0 aliphatic carbocycles. The number of benzene rings is 1. The lowest BCUT2D eigenvalue weighted by Gasteiger charge is -2.25. The Bertz CT molecular complexity index is 362. The van der Waals surface area contributed by atoms with Crippen LogP contribution in [0.3, 0.4) is 0 Å². The van der Waals surface area contributed by atoms with Gasteiger partial charge in [-0.15, -0.1) is 0 Å². The molecule has 1 unspecified atom stereocenters. The highest BCUT2D eigenvalue weighted by molar-refractivity contribution is 6.35. The van der Waals surface area contributed by atoms with Gasteiger partial charge in [0.05, 0.1) is 5.02 Å². The summed E-state index contributed by atoms with van der Waals surface area (Å²) in [5, 5.41) is 4.46. The quantitative estimate of drug-likeness (QED) is 0.865. The monoisotopic (exact) mass is 245 g/mol. The molecule has 1 saturated heterocycles. The Kier molecular flexibility index (Phi) is 3.10. The SMILES string of the molecule is CC1(Oc2ccc(Cl)cc2Cl)CCNC1. The minimum absolute atomic E-state index is 0.155. The first-order valence-corrected chi connectivity index (χ1v) is 5.69. The minimum Gasteiger partial charge on any atom is -0.485 e. The summed E-state index contributed by atoms with van der Waals surface area (Å²) in [6.45, 7) is 3.92. The van der Waals surface area contributed by atoms with Crippen molar-refractivity contribution >= 4 is 23.2 Å². The fourth-order valence-electron chi connectivity index (χ4n) is 1.70. The third kappa shape index (κ3) is 2.57. The molecule has 1 atom stereocenters. The molecule has 0 radical (unpaired) electrons. The number of hydrogen-bond acceptors (Lipinski definition) is 2. The second-order valence-electron chi connectivity index (χ2n) is 4.05. The molecule has 0 amide bonds. The summed E-state index contributed by atoms with van der Waals surface area (Å²) < 4.78 is 5.90. The molecule has 0 aromatic heterocycles. The maximum Gasteiger partial charge on any atom is 0.138 e. The van der Waals surface area contributed by atoms with Crippen molar-refractivity contribution in [2.45, 2.75) is 18.9 Å². The van der Waals surface area contributed by atoms with Gasteiger partial charge in [-0.2, -0.15) is 0 Å². The highest BCUT2D eigenvalue weighted by Crippen LogP contribution is 2.32. The van der Waals surface area contributed by atoms with Crippen LogP contribution in [0.25, 0.3) is 0 Å². The van der Waals surface area contributed by atoms with E-state index >= 15 is 0 Å². The Labute approximate surface area is 99.5 Å². The molecule has 1 N–H and O–H groups in total. The van der Waals surface area contributed by atoms with Crippen molar-refractivity contribution in [3.63, 3.8) is 0 Å². The summed E-state index contributed by atoms with van der Waals surface area (Å²) >= 11 is 11.9. The van der Waals surface area contributed by atoms with Crippen LogP contribution in [0.15, 0.2) is 18.2 Å². The Morgan fingerprint density at radius 1 is 1.40 bits per heavy atom. The Morgan fingerprint density at radius 2 is 2.20 bits per heavy atom. The highest BCUT2D eigenvalue weighted by Gasteiger charge is 2.31.